The lowest BCUT2D eigenvalue weighted by Gasteiger charge is -2.35. The highest BCUT2D eigenvalue weighted by molar-refractivity contribution is 7.91. The third-order valence-corrected chi connectivity index (χ3v) is 6.20. The lowest BCUT2D eigenvalue weighted by molar-refractivity contribution is 0.0128. The molecule has 2 heterocycles. The molecule has 4 rings (SSSR count). The smallest absolute Gasteiger partial charge is 0.276 e. The van der Waals surface area contributed by atoms with Crippen LogP contribution >= 0.6 is 0 Å². The van der Waals surface area contributed by atoms with Gasteiger partial charge in [-0.2, -0.15) is 0 Å². The van der Waals surface area contributed by atoms with Crippen LogP contribution in [0.2, 0.25) is 0 Å². The van der Waals surface area contributed by atoms with Gasteiger partial charge in [-0.15, -0.1) is 0 Å². The van der Waals surface area contributed by atoms with E-state index < -0.39 is 22.4 Å². The van der Waals surface area contributed by atoms with Gasteiger partial charge in [0, 0.05) is 6.20 Å². The van der Waals surface area contributed by atoms with Crippen molar-refractivity contribution in [3.05, 3.63) is 72.9 Å². The molecule has 5 nitrogen and oxygen atoms in total. The maximum absolute atomic E-state index is 13.3. The van der Waals surface area contributed by atoms with Crippen molar-refractivity contribution < 1.29 is 21.9 Å². The van der Waals surface area contributed by atoms with E-state index in [2.05, 4.69) is 4.98 Å². The Balaban J connectivity index is 1.82. The van der Waals surface area contributed by atoms with Crippen LogP contribution in [0.4, 0.5) is 20.3 Å². The molecule has 0 bridgehead atoms. The number of pyridine rings is 1. The quantitative estimate of drug-likeness (QED) is 0.658. The Morgan fingerprint density at radius 3 is 2.43 bits per heavy atom. The van der Waals surface area contributed by atoms with E-state index in [0.717, 1.165) is 0 Å². The van der Waals surface area contributed by atoms with Gasteiger partial charge in [0.2, 0.25) is 9.84 Å². The SMILES string of the molecule is O=S(=O)(c1ccccc1)c1ccc2c(c1)N(c1ccccn1)CC(C(F)F)O2. The molecule has 3 aromatic rings. The molecule has 144 valence electrons. The minimum Gasteiger partial charge on any atom is -0.480 e. The number of alkyl halides is 2. The molecule has 8 heteroatoms. The second-order valence-electron chi connectivity index (χ2n) is 6.24. The van der Waals surface area contributed by atoms with Crippen LogP contribution in [0.15, 0.2) is 82.7 Å². The van der Waals surface area contributed by atoms with E-state index >= 15 is 0 Å². The summed E-state index contributed by atoms with van der Waals surface area (Å²) in [6, 6.07) is 17.4. The minimum absolute atomic E-state index is 0.0532. The summed E-state index contributed by atoms with van der Waals surface area (Å²) < 4.78 is 57.9. The molecule has 2 aromatic carbocycles. The summed E-state index contributed by atoms with van der Waals surface area (Å²) >= 11 is 0. The molecule has 0 spiro atoms. The van der Waals surface area contributed by atoms with Crippen molar-refractivity contribution in [1.29, 1.82) is 0 Å². The monoisotopic (exact) mass is 402 g/mol. The molecule has 0 N–H and O–H groups in total. The van der Waals surface area contributed by atoms with Crippen LogP contribution in [0.5, 0.6) is 5.75 Å². The van der Waals surface area contributed by atoms with E-state index in [0.29, 0.717) is 11.5 Å². The fraction of sp³-hybridized carbons (Fsp3) is 0.150. The second kappa shape index (κ2) is 7.20. The predicted octanol–water partition coefficient (Wildman–Crippen LogP) is 4.08. The lowest BCUT2D eigenvalue weighted by atomic mass is 10.2. The zero-order valence-corrected chi connectivity index (χ0v) is 15.4. The first kappa shape index (κ1) is 18.4. The number of hydrogen-bond acceptors (Lipinski definition) is 5. The zero-order valence-electron chi connectivity index (χ0n) is 14.6. The number of rotatable bonds is 4. The summed E-state index contributed by atoms with van der Waals surface area (Å²) in [5.41, 5.74) is 0.382. The lowest BCUT2D eigenvalue weighted by Crippen LogP contribution is -2.42. The molecule has 0 fully saturated rings. The molecule has 28 heavy (non-hydrogen) atoms. The number of aromatic nitrogens is 1. The average Bonchev–Trinajstić information content (AvgIpc) is 2.73. The van der Waals surface area contributed by atoms with Crippen LogP contribution in [-0.4, -0.2) is 32.5 Å². The van der Waals surface area contributed by atoms with Gasteiger partial charge in [0.1, 0.15) is 11.6 Å². The van der Waals surface area contributed by atoms with E-state index in [1.165, 1.54) is 30.3 Å². The topological polar surface area (TPSA) is 59.5 Å². The van der Waals surface area contributed by atoms with E-state index in [9.17, 15) is 17.2 Å². The van der Waals surface area contributed by atoms with Crippen LogP contribution in [0.3, 0.4) is 0 Å². The van der Waals surface area contributed by atoms with Crippen LogP contribution in [-0.2, 0) is 9.84 Å². The highest BCUT2D eigenvalue weighted by Crippen LogP contribution is 2.40. The van der Waals surface area contributed by atoms with Gasteiger partial charge >= 0.3 is 0 Å². The number of ether oxygens (including phenoxy) is 1. The molecule has 0 saturated carbocycles. The van der Waals surface area contributed by atoms with Crippen LogP contribution < -0.4 is 9.64 Å². The van der Waals surface area contributed by atoms with Crippen molar-refractivity contribution in [1.82, 2.24) is 4.98 Å². The van der Waals surface area contributed by atoms with E-state index in [-0.39, 0.29) is 22.1 Å². The van der Waals surface area contributed by atoms with E-state index in [1.54, 1.807) is 47.5 Å². The van der Waals surface area contributed by atoms with Crippen LogP contribution in [0.25, 0.3) is 0 Å². The molecule has 0 aliphatic carbocycles. The largest absolute Gasteiger partial charge is 0.480 e. The Bertz CT molecular complexity index is 1080. The molecule has 0 saturated heterocycles. The van der Waals surface area contributed by atoms with Gasteiger partial charge in [0.25, 0.3) is 6.43 Å². The maximum Gasteiger partial charge on any atom is 0.276 e. The number of fused-ring (bicyclic) bond motifs is 1. The molecular formula is C20H16F2N2O3S. The standard InChI is InChI=1S/C20H16F2N2O3S/c21-20(22)18-13-24(19-8-4-5-11-23-19)16-12-15(9-10-17(16)27-18)28(25,26)14-6-2-1-3-7-14/h1-12,18,20H,13H2. The summed E-state index contributed by atoms with van der Waals surface area (Å²) in [5, 5.41) is 0. The minimum atomic E-state index is -3.76. The number of halogens is 2. The molecule has 1 aliphatic heterocycles. The Hall–Kier alpha value is -3.00. The number of sulfone groups is 1. The normalized spacial score (nSPS) is 16.5. The number of benzene rings is 2. The van der Waals surface area contributed by atoms with Crippen molar-refractivity contribution in [2.45, 2.75) is 22.3 Å². The zero-order chi connectivity index (χ0) is 19.7. The van der Waals surface area contributed by atoms with Crippen molar-refractivity contribution in [2.75, 3.05) is 11.4 Å². The van der Waals surface area contributed by atoms with Gasteiger partial charge in [-0.25, -0.2) is 22.2 Å². The summed E-state index contributed by atoms with van der Waals surface area (Å²) in [6.07, 6.45) is -2.48. The van der Waals surface area contributed by atoms with Crippen molar-refractivity contribution in [3.63, 3.8) is 0 Å². The molecule has 1 unspecified atom stereocenters. The van der Waals surface area contributed by atoms with E-state index in [1.807, 2.05) is 0 Å². The van der Waals surface area contributed by atoms with Crippen LogP contribution in [0, 0.1) is 0 Å². The molecule has 1 aromatic heterocycles. The van der Waals surface area contributed by atoms with Crippen molar-refractivity contribution in [3.8, 4) is 5.75 Å². The van der Waals surface area contributed by atoms with Gasteiger partial charge in [0.05, 0.1) is 22.0 Å². The average molecular weight is 402 g/mol. The second-order valence-corrected chi connectivity index (χ2v) is 8.19. The fourth-order valence-electron chi connectivity index (χ4n) is 3.05. The maximum atomic E-state index is 13.3. The summed E-state index contributed by atoms with van der Waals surface area (Å²) in [4.78, 5) is 5.98. The molecule has 1 aliphatic rings. The fourth-order valence-corrected chi connectivity index (χ4v) is 4.35. The number of anilines is 2. The Morgan fingerprint density at radius 1 is 1.00 bits per heavy atom. The Labute approximate surface area is 161 Å². The number of nitrogens with zero attached hydrogens (tertiary/aromatic N) is 2. The predicted molar refractivity (Wildman–Crippen MR) is 100.0 cm³/mol. The first-order chi connectivity index (χ1) is 13.5. The van der Waals surface area contributed by atoms with E-state index in [4.69, 9.17) is 4.74 Å². The van der Waals surface area contributed by atoms with Gasteiger partial charge in [-0.05, 0) is 42.5 Å². The van der Waals surface area contributed by atoms with Crippen molar-refractivity contribution in [2.24, 2.45) is 0 Å². The number of hydrogen-bond donors (Lipinski definition) is 0. The third-order valence-electron chi connectivity index (χ3n) is 4.43. The van der Waals surface area contributed by atoms with Gasteiger partial charge < -0.3 is 9.64 Å². The highest BCUT2D eigenvalue weighted by Gasteiger charge is 2.34. The molecule has 1 atom stereocenters. The molecule has 0 amide bonds. The Kier molecular flexibility index (Phi) is 4.72. The molecule has 0 radical (unpaired) electrons. The van der Waals surface area contributed by atoms with Crippen LogP contribution in [0.1, 0.15) is 0 Å². The van der Waals surface area contributed by atoms with Crippen molar-refractivity contribution >= 4 is 21.3 Å². The third kappa shape index (κ3) is 3.31. The Morgan fingerprint density at radius 2 is 1.75 bits per heavy atom. The highest BCUT2D eigenvalue weighted by atomic mass is 32.2. The molecular weight excluding hydrogens is 386 g/mol. The first-order valence-electron chi connectivity index (χ1n) is 8.54. The first-order valence-corrected chi connectivity index (χ1v) is 10.0. The summed E-state index contributed by atoms with van der Waals surface area (Å²) in [6.45, 7) is -0.142. The van der Waals surface area contributed by atoms with Gasteiger partial charge in [-0.1, -0.05) is 24.3 Å². The van der Waals surface area contributed by atoms with Gasteiger partial charge in [0.15, 0.2) is 6.10 Å². The van der Waals surface area contributed by atoms with Gasteiger partial charge in [-0.3, -0.25) is 0 Å². The summed E-state index contributed by atoms with van der Waals surface area (Å²) in [5.74, 6) is 0.626. The summed E-state index contributed by atoms with van der Waals surface area (Å²) in [7, 11) is -3.76.